The number of anilines is 1. The highest BCUT2D eigenvalue weighted by atomic mass is 16.5. The fourth-order valence-electron chi connectivity index (χ4n) is 5.31. The molecule has 1 aromatic carbocycles. The third-order valence-corrected chi connectivity index (χ3v) is 7.50. The maximum absolute atomic E-state index is 12.7. The van der Waals surface area contributed by atoms with Crippen LogP contribution in [0.5, 0.6) is 5.75 Å². The van der Waals surface area contributed by atoms with Crippen molar-refractivity contribution in [3.05, 3.63) is 71.3 Å². The number of rotatable bonds is 9. The maximum atomic E-state index is 12.7. The van der Waals surface area contributed by atoms with Crippen LogP contribution in [0.4, 0.5) is 5.69 Å². The number of pyridine rings is 2. The molecule has 1 aliphatic rings. The zero-order valence-electron chi connectivity index (χ0n) is 25.0. The average molecular weight is 546 g/mol. The molecule has 2 aromatic heterocycles. The number of nitrogens with zero attached hydrogens (tertiary/aromatic N) is 3. The van der Waals surface area contributed by atoms with Gasteiger partial charge in [0.1, 0.15) is 5.75 Å². The van der Waals surface area contributed by atoms with E-state index in [0.717, 1.165) is 66.2 Å². The molecular weight excluding hydrogens is 502 g/mol. The summed E-state index contributed by atoms with van der Waals surface area (Å²) in [5.41, 5.74) is 5.78. The summed E-state index contributed by atoms with van der Waals surface area (Å²) in [6, 6.07) is 12.0. The Hall–Kier alpha value is -3.45. The Morgan fingerprint density at radius 1 is 1.07 bits per heavy atom. The molecule has 214 valence electrons. The maximum Gasteiger partial charge on any atom is 0.337 e. The standard InChI is InChI=1S/C33H43N3O4/c1-22-27(25-10-12-26(13-11-25)39-20-14-24-9-8-17-34-21-24)29(36-18-15-33(6,7)16-19-36)28(23(2)35-22)30(31(37)38)40-32(3,4)5/h8-13,17,21,30H,14-16,18-20H2,1-7H3,(H,37,38). The lowest BCUT2D eigenvalue weighted by atomic mass is 9.82. The van der Waals surface area contributed by atoms with Gasteiger partial charge >= 0.3 is 5.97 Å². The predicted octanol–water partition coefficient (Wildman–Crippen LogP) is 6.95. The smallest absolute Gasteiger partial charge is 0.337 e. The lowest BCUT2D eigenvalue weighted by Crippen LogP contribution is -2.39. The van der Waals surface area contributed by atoms with Crippen molar-refractivity contribution in [3.63, 3.8) is 0 Å². The summed E-state index contributed by atoms with van der Waals surface area (Å²) in [5.74, 6) is -0.225. The van der Waals surface area contributed by atoms with E-state index in [1.165, 1.54) is 0 Å². The van der Waals surface area contributed by atoms with Gasteiger partial charge in [-0.3, -0.25) is 9.97 Å². The number of aliphatic carboxylic acids is 1. The van der Waals surface area contributed by atoms with Crippen LogP contribution in [0.15, 0.2) is 48.8 Å². The van der Waals surface area contributed by atoms with E-state index in [0.29, 0.717) is 17.9 Å². The molecule has 7 nitrogen and oxygen atoms in total. The predicted molar refractivity (Wildman–Crippen MR) is 159 cm³/mol. The van der Waals surface area contributed by atoms with Crippen molar-refractivity contribution in [2.75, 3.05) is 24.6 Å². The summed E-state index contributed by atoms with van der Waals surface area (Å²) in [6.45, 7) is 16.4. The minimum atomic E-state index is -1.13. The zero-order valence-corrected chi connectivity index (χ0v) is 25.0. The van der Waals surface area contributed by atoms with E-state index in [2.05, 4.69) is 23.7 Å². The molecule has 0 amide bonds. The van der Waals surface area contributed by atoms with Gasteiger partial charge in [0.2, 0.25) is 0 Å². The number of carbonyl (C=O) groups is 1. The van der Waals surface area contributed by atoms with Crippen molar-refractivity contribution in [2.45, 2.75) is 79.4 Å². The fourth-order valence-corrected chi connectivity index (χ4v) is 5.31. The Morgan fingerprint density at radius 2 is 1.75 bits per heavy atom. The molecule has 0 radical (unpaired) electrons. The van der Waals surface area contributed by atoms with Gasteiger partial charge in [0, 0.05) is 54.4 Å². The van der Waals surface area contributed by atoms with Crippen LogP contribution in [-0.4, -0.2) is 46.3 Å². The third kappa shape index (κ3) is 7.19. The SMILES string of the molecule is Cc1nc(C)c(C(OC(C)(C)C)C(=O)O)c(N2CCC(C)(C)CC2)c1-c1ccc(OCCc2cccnc2)cc1. The first-order chi connectivity index (χ1) is 18.8. The van der Waals surface area contributed by atoms with Crippen LogP contribution in [0.25, 0.3) is 11.1 Å². The molecule has 0 aliphatic carbocycles. The second-order valence-electron chi connectivity index (χ2n) is 12.5. The number of benzene rings is 1. The second kappa shape index (κ2) is 12.0. The summed E-state index contributed by atoms with van der Waals surface area (Å²) in [4.78, 5) is 24.0. The molecule has 1 unspecified atom stereocenters. The monoisotopic (exact) mass is 545 g/mol. The highest BCUT2D eigenvalue weighted by Crippen LogP contribution is 2.45. The molecule has 0 saturated carbocycles. The second-order valence-corrected chi connectivity index (χ2v) is 12.5. The van der Waals surface area contributed by atoms with E-state index in [9.17, 15) is 9.90 Å². The van der Waals surface area contributed by atoms with Crippen molar-refractivity contribution in [3.8, 4) is 16.9 Å². The van der Waals surface area contributed by atoms with E-state index in [-0.39, 0.29) is 5.41 Å². The van der Waals surface area contributed by atoms with Crippen LogP contribution < -0.4 is 9.64 Å². The Labute approximate surface area is 238 Å². The van der Waals surface area contributed by atoms with Crippen LogP contribution in [0.3, 0.4) is 0 Å². The summed E-state index contributed by atoms with van der Waals surface area (Å²) in [6.07, 6.45) is 5.31. The Morgan fingerprint density at radius 3 is 2.33 bits per heavy atom. The first-order valence-corrected chi connectivity index (χ1v) is 14.1. The van der Waals surface area contributed by atoms with Gasteiger partial charge in [-0.1, -0.05) is 32.0 Å². The summed E-state index contributed by atoms with van der Waals surface area (Å²) >= 11 is 0. The van der Waals surface area contributed by atoms with Crippen molar-refractivity contribution >= 4 is 11.7 Å². The van der Waals surface area contributed by atoms with E-state index < -0.39 is 17.7 Å². The summed E-state index contributed by atoms with van der Waals surface area (Å²) < 4.78 is 12.2. The number of aromatic nitrogens is 2. The Kier molecular flexibility index (Phi) is 8.83. The molecule has 0 spiro atoms. The first-order valence-electron chi connectivity index (χ1n) is 14.1. The van der Waals surface area contributed by atoms with Crippen molar-refractivity contribution in [1.82, 2.24) is 9.97 Å². The fraction of sp³-hybridized carbons (Fsp3) is 0.485. The molecule has 0 bridgehead atoms. The van der Waals surface area contributed by atoms with Gasteiger partial charge < -0.3 is 19.5 Å². The summed E-state index contributed by atoms with van der Waals surface area (Å²) in [5, 5.41) is 10.4. The number of hydrogen-bond acceptors (Lipinski definition) is 6. The lowest BCUT2D eigenvalue weighted by molar-refractivity contribution is -0.160. The molecule has 1 saturated heterocycles. The molecule has 3 aromatic rings. The number of carboxylic acid groups (broad SMARTS) is 1. The Balaban J connectivity index is 1.74. The molecule has 7 heteroatoms. The first kappa shape index (κ1) is 29.5. The van der Waals surface area contributed by atoms with Crippen LogP contribution >= 0.6 is 0 Å². The van der Waals surface area contributed by atoms with Gasteiger partial charge in [0.15, 0.2) is 6.10 Å². The number of ether oxygens (including phenoxy) is 2. The van der Waals surface area contributed by atoms with Crippen molar-refractivity contribution in [1.29, 1.82) is 0 Å². The van der Waals surface area contributed by atoms with Gasteiger partial charge in [-0.15, -0.1) is 0 Å². The molecule has 4 rings (SSSR count). The average Bonchev–Trinajstić information content (AvgIpc) is 2.88. The van der Waals surface area contributed by atoms with Crippen LogP contribution in [0.1, 0.15) is 76.1 Å². The van der Waals surface area contributed by atoms with Crippen LogP contribution in [0.2, 0.25) is 0 Å². The molecule has 40 heavy (non-hydrogen) atoms. The highest BCUT2D eigenvalue weighted by molar-refractivity contribution is 5.88. The molecular formula is C33H43N3O4. The molecule has 1 N–H and O–H groups in total. The number of aryl methyl sites for hydroxylation is 2. The largest absolute Gasteiger partial charge is 0.493 e. The van der Waals surface area contributed by atoms with E-state index >= 15 is 0 Å². The summed E-state index contributed by atoms with van der Waals surface area (Å²) in [7, 11) is 0. The molecule has 1 fully saturated rings. The molecule has 3 heterocycles. The number of hydrogen-bond donors (Lipinski definition) is 1. The van der Waals surface area contributed by atoms with E-state index in [1.54, 1.807) is 6.20 Å². The Bertz CT molecular complexity index is 1300. The van der Waals surface area contributed by atoms with Gasteiger partial charge in [-0.25, -0.2) is 4.79 Å². The van der Waals surface area contributed by atoms with Gasteiger partial charge in [0.25, 0.3) is 0 Å². The van der Waals surface area contributed by atoms with E-state index in [4.69, 9.17) is 14.5 Å². The minimum Gasteiger partial charge on any atom is -0.493 e. The third-order valence-electron chi connectivity index (χ3n) is 7.50. The molecule has 1 aliphatic heterocycles. The molecule has 1 atom stereocenters. The van der Waals surface area contributed by atoms with Crippen LogP contribution in [-0.2, 0) is 16.0 Å². The lowest BCUT2D eigenvalue weighted by Gasteiger charge is -2.41. The van der Waals surface area contributed by atoms with Crippen molar-refractivity contribution < 1.29 is 19.4 Å². The highest BCUT2D eigenvalue weighted by Gasteiger charge is 2.36. The quantitative estimate of drug-likeness (QED) is 0.311. The van der Waals surface area contributed by atoms with Crippen molar-refractivity contribution in [2.24, 2.45) is 5.41 Å². The number of piperidine rings is 1. The normalized spacial score (nSPS) is 16.0. The topological polar surface area (TPSA) is 84.8 Å². The van der Waals surface area contributed by atoms with Gasteiger partial charge in [-0.05, 0) is 82.2 Å². The van der Waals surface area contributed by atoms with E-state index in [1.807, 2.05) is 77.2 Å². The number of carboxylic acids is 1. The zero-order chi connectivity index (χ0) is 29.1. The minimum absolute atomic E-state index is 0.247. The van der Waals surface area contributed by atoms with Crippen LogP contribution in [0, 0.1) is 19.3 Å². The van der Waals surface area contributed by atoms with Gasteiger partial charge in [-0.2, -0.15) is 0 Å². The van der Waals surface area contributed by atoms with Gasteiger partial charge in [0.05, 0.1) is 17.9 Å².